The predicted octanol–water partition coefficient (Wildman–Crippen LogP) is 3.72. The van der Waals surface area contributed by atoms with E-state index in [1.807, 2.05) is 35.0 Å². The number of hydrogen-bond acceptors (Lipinski definition) is 5. The summed E-state index contributed by atoms with van der Waals surface area (Å²) in [5, 5.41) is 0.480. The molecule has 9 heteroatoms. The van der Waals surface area contributed by atoms with Crippen molar-refractivity contribution in [1.82, 2.24) is 14.4 Å². The Morgan fingerprint density at radius 1 is 1.06 bits per heavy atom. The number of benzene rings is 2. The predicted molar refractivity (Wildman–Crippen MR) is 128 cm³/mol. The quantitative estimate of drug-likeness (QED) is 0.522. The van der Waals surface area contributed by atoms with E-state index in [1.54, 1.807) is 23.1 Å². The highest BCUT2D eigenvalue weighted by Crippen LogP contribution is 2.34. The molecule has 2 aliphatic rings. The van der Waals surface area contributed by atoms with Crippen LogP contribution < -0.4 is 0 Å². The molecule has 3 amide bonds. The van der Waals surface area contributed by atoms with Gasteiger partial charge in [0.1, 0.15) is 12.4 Å². The molecular weight excluding hydrogens is 457 g/mol. The Hall–Kier alpha value is -3.43. The summed E-state index contributed by atoms with van der Waals surface area (Å²) in [6.45, 7) is 2.08. The van der Waals surface area contributed by atoms with Crippen molar-refractivity contribution in [3.05, 3.63) is 76.6 Å². The van der Waals surface area contributed by atoms with Gasteiger partial charge in [0.15, 0.2) is 0 Å². The number of hydrogen-bond donors (Lipinski definition) is 0. The zero-order chi connectivity index (χ0) is 23.7. The number of aromatic nitrogens is 1. The molecule has 0 radical (unpaired) electrons. The number of thioether (sulfide) groups is 1. The average Bonchev–Trinajstić information content (AvgIpc) is 3.33. The molecule has 2 aromatic carbocycles. The van der Waals surface area contributed by atoms with Crippen LogP contribution in [-0.4, -0.2) is 64.3 Å². The molecule has 1 aromatic heterocycles. The number of ether oxygens (including phenoxy) is 1. The zero-order valence-electron chi connectivity index (χ0n) is 18.3. The van der Waals surface area contributed by atoms with Crippen LogP contribution in [0.2, 0.25) is 0 Å². The summed E-state index contributed by atoms with van der Waals surface area (Å²) < 4.78 is 20.6. The third kappa shape index (κ3) is 4.49. The summed E-state index contributed by atoms with van der Waals surface area (Å²) in [6, 6.07) is 14.1. The first kappa shape index (κ1) is 22.4. The first-order valence-corrected chi connectivity index (χ1v) is 11.7. The summed E-state index contributed by atoms with van der Waals surface area (Å²) in [7, 11) is 0. The molecule has 0 atom stereocenters. The highest BCUT2D eigenvalue weighted by atomic mass is 32.2. The minimum Gasteiger partial charge on any atom is -0.378 e. The molecule has 3 heterocycles. The number of para-hydroxylation sites is 1. The second-order valence-electron chi connectivity index (χ2n) is 8.12. The van der Waals surface area contributed by atoms with E-state index in [4.69, 9.17) is 4.74 Å². The maximum Gasteiger partial charge on any atom is 0.294 e. The fourth-order valence-electron chi connectivity index (χ4n) is 4.13. The molecule has 5 rings (SSSR count). The second kappa shape index (κ2) is 9.44. The number of nitrogens with zero attached hydrogens (tertiary/aromatic N) is 3. The maximum absolute atomic E-state index is 13.3. The van der Waals surface area contributed by atoms with Gasteiger partial charge in [0.2, 0.25) is 5.91 Å². The van der Waals surface area contributed by atoms with Crippen LogP contribution in [-0.2, 0) is 20.9 Å². The number of imide groups is 1. The molecule has 0 spiro atoms. The van der Waals surface area contributed by atoms with Crippen molar-refractivity contribution in [1.29, 1.82) is 0 Å². The van der Waals surface area contributed by atoms with Crippen LogP contribution >= 0.6 is 11.8 Å². The van der Waals surface area contributed by atoms with Gasteiger partial charge in [0, 0.05) is 42.3 Å². The van der Waals surface area contributed by atoms with Gasteiger partial charge < -0.3 is 14.2 Å². The normalized spacial score (nSPS) is 17.9. The van der Waals surface area contributed by atoms with Gasteiger partial charge in [-0.25, -0.2) is 4.39 Å². The Morgan fingerprint density at radius 3 is 2.56 bits per heavy atom. The molecule has 3 aromatic rings. The van der Waals surface area contributed by atoms with Gasteiger partial charge in [-0.15, -0.1) is 0 Å². The minimum absolute atomic E-state index is 0.261. The van der Waals surface area contributed by atoms with Crippen LogP contribution in [0, 0.1) is 5.82 Å². The summed E-state index contributed by atoms with van der Waals surface area (Å²) in [6.07, 6.45) is 3.62. The lowest BCUT2D eigenvalue weighted by Crippen LogP contribution is -2.46. The van der Waals surface area contributed by atoms with Gasteiger partial charge in [0.25, 0.3) is 11.1 Å². The van der Waals surface area contributed by atoms with Crippen LogP contribution in [0.4, 0.5) is 9.18 Å². The number of morpholine rings is 1. The molecule has 174 valence electrons. The van der Waals surface area contributed by atoms with Gasteiger partial charge in [-0.05, 0) is 41.6 Å². The molecular formula is C25H22FN3O4S. The Balaban J connectivity index is 1.39. The molecule has 0 aliphatic carbocycles. The van der Waals surface area contributed by atoms with E-state index >= 15 is 0 Å². The van der Waals surface area contributed by atoms with Gasteiger partial charge in [-0.2, -0.15) is 0 Å². The Morgan fingerprint density at radius 2 is 1.79 bits per heavy atom. The summed E-state index contributed by atoms with van der Waals surface area (Å²) in [5.74, 6) is -1.01. The van der Waals surface area contributed by atoms with Crippen LogP contribution in [0.1, 0.15) is 11.1 Å². The van der Waals surface area contributed by atoms with Gasteiger partial charge in [0.05, 0.1) is 18.1 Å². The van der Waals surface area contributed by atoms with Crippen LogP contribution in [0.5, 0.6) is 0 Å². The first-order chi connectivity index (χ1) is 16.5. The van der Waals surface area contributed by atoms with Gasteiger partial charge in [-0.3, -0.25) is 19.3 Å². The van der Waals surface area contributed by atoms with Crippen molar-refractivity contribution in [2.24, 2.45) is 0 Å². The standard InChI is InChI=1S/C25H22FN3O4S/c26-19-7-5-17(6-8-19)14-28-15-18(20-3-1-2-4-21(20)28)13-22-24(31)29(25(32)34-22)16-23(30)27-9-11-33-12-10-27/h1-8,13,15H,9-12,14,16H2/b22-13+. The topological polar surface area (TPSA) is 71.9 Å². The lowest BCUT2D eigenvalue weighted by molar-refractivity contribution is -0.139. The Labute approximate surface area is 199 Å². The number of carbonyl (C=O) groups is 3. The first-order valence-electron chi connectivity index (χ1n) is 10.9. The third-order valence-electron chi connectivity index (χ3n) is 5.90. The third-order valence-corrected chi connectivity index (χ3v) is 6.81. The summed E-state index contributed by atoms with van der Waals surface area (Å²) >= 11 is 0.841. The molecule has 2 aliphatic heterocycles. The number of halogens is 1. The number of carbonyl (C=O) groups excluding carboxylic acids is 3. The van der Waals surface area contributed by atoms with Crippen LogP contribution in [0.3, 0.4) is 0 Å². The molecule has 7 nitrogen and oxygen atoms in total. The number of fused-ring (bicyclic) bond motifs is 1. The van der Waals surface area contributed by atoms with Crippen molar-refractivity contribution < 1.29 is 23.5 Å². The zero-order valence-corrected chi connectivity index (χ0v) is 19.1. The lowest BCUT2D eigenvalue weighted by Gasteiger charge is -2.28. The number of amides is 3. The van der Waals surface area contributed by atoms with E-state index in [1.165, 1.54) is 12.1 Å². The molecule has 0 bridgehead atoms. The van der Waals surface area contributed by atoms with Crippen molar-refractivity contribution >= 4 is 45.8 Å². The number of rotatable bonds is 5. The van der Waals surface area contributed by atoms with E-state index in [9.17, 15) is 18.8 Å². The van der Waals surface area contributed by atoms with Crippen molar-refractivity contribution in [2.45, 2.75) is 6.54 Å². The Bertz CT molecular complexity index is 1300. The van der Waals surface area contributed by atoms with Crippen LogP contribution in [0.15, 0.2) is 59.6 Å². The molecule has 0 N–H and O–H groups in total. The average molecular weight is 480 g/mol. The van der Waals surface area contributed by atoms with E-state index < -0.39 is 11.1 Å². The summed E-state index contributed by atoms with van der Waals surface area (Å²) in [5.41, 5.74) is 2.69. The fourth-order valence-corrected chi connectivity index (χ4v) is 4.96. The SMILES string of the molecule is O=C(CN1C(=O)S/C(=C/c2cn(Cc3ccc(F)cc3)c3ccccc23)C1=O)N1CCOCC1. The smallest absolute Gasteiger partial charge is 0.294 e. The largest absolute Gasteiger partial charge is 0.378 e. The molecule has 0 unspecified atom stereocenters. The van der Waals surface area contributed by atoms with Gasteiger partial charge >= 0.3 is 0 Å². The molecule has 0 saturated carbocycles. The Kier molecular flexibility index (Phi) is 6.21. The molecule has 2 saturated heterocycles. The van der Waals surface area contributed by atoms with Crippen molar-refractivity contribution in [3.8, 4) is 0 Å². The monoisotopic (exact) mass is 479 g/mol. The minimum atomic E-state index is -0.466. The highest BCUT2D eigenvalue weighted by molar-refractivity contribution is 8.18. The van der Waals surface area contributed by atoms with Gasteiger partial charge in [-0.1, -0.05) is 30.3 Å². The van der Waals surface area contributed by atoms with E-state index in [0.717, 1.165) is 38.7 Å². The summed E-state index contributed by atoms with van der Waals surface area (Å²) in [4.78, 5) is 41.0. The van der Waals surface area contributed by atoms with E-state index in [-0.39, 0.29) is 23.2 Å². The maximum atomic E-state index is 13.3. The molecule has 34 heavy (non-hydrogen) atoms. The van der Waals surface area contributed by atoms with Crippen LogP contribution in [0.25, 0.3) is 17.0 Å². The van der Waals surface area contributed by atoms with E-state index in [0.29, 0.717) is 32.8 Å². The second-order valence-corrected chi connectivity index (χ2v) is 9.11. The lowest BCUT2D eigenvalue weighted by atomic mass is 10.1. The van der Waals surface area contributed by atoms with Crippen molar-refractivity contribution in [2.75, 3.05) is 32.8 Å². The highest BCUT2D eigenvalue weighted by Gasteiger charge is 2.37. The molecule has 2 fully saturated rings. The van der Waals surface area contributed by atoms with E-state index in [2.05, 4.69) is 0 Å². The fraction of sp³-hybridized carbons (Fsp3) is 0.240. The van der Waals surface area contributed by atoms with Crippen molar-refractivity contribution in [3.63, 3.8) is 0 Å².